The van der Waals surface area contributed by atoms with Gasteiger partial charge in [-0.1, -0.05) is 25.0 Å². The molecule has 4 N–H and O–H groups in total. The minimum Gasteiger partial charge on any atom is -0.507 e. The van der Waals surface area contributed by atoms with E-state index in [4.69, 9.17) is 18.0 Å². The Morgan fingerprint density at radius 1 is 1.50 bits per heavy atom. The Kier molecular flexibility index (Phi) is 5.58. The quantitative estimate of drug-likeness (QED) is 0.434. The molecule has 1 aromatic rings. The number of hydrogen-bond donors (Lipinski definition) is 3. The third-order valence-corrected chi connectivity index (χ3v) is 2.62. The zero-order valence-corrected chi connectivity index (χ0v) is 11.5. The summed E-state index contributed by atoms with van der Waals surface area (Å²) in [4.78, 5) is 0. The molecule has 18 heavy (non-hydrogen) atoms. The summed E-state index contributed by atoms with van der Waals surface area (Å²) in [5, 5.41) is 14.2. The van der Waals surface area contributed by atoms with Gasteiger partial charge in [0.1, 0.15) is 5.75 Å². The van der Waals surface area contributed by atoms with Gasteiger partial charge in [-0.3, -0.25) is 5.43 Å². The van der Waals surface area contributed by atoms with E-state index >= 15 is 0 Å². The summed E-state index contributed by atoms with van der Waals surface area (Å²) >= 11 is 4.73. The molecule has 0 saturated carbocycles. The lowest BCUT2D eigenvalue weighted by Gasteiger charge is -2.09. The molecule has 0 aromatic heterocycles. The average molecular weight is 265 g/mol. The van der Waals surface area contributed by atoms with Crippen LogP contribution in [-0.4, -0.2) is 15.9 Å². The van der Waals surface area contributed by atoms with Crippen LogP contribution in [0.15, 0.2) is 23.3 Å². The summed E-state index contributed by atoms with van der Waals surface area (Å²) in [6.07, 6.45) is 2.81. The average Bonchev–Trinajstić information content (AvgIpc) is 2.32. The molecule has 0 amide bonds. The minimum absolute atomic E-state index is 0.121. The van der Waals surface area contributed by atoms with Gasteiger partial charge in [0, 0.05) is 5.56 Å². The third kappa shape index (κ3) is 4.33. The Bertz CT molecular complexity index is 458. The van der Waals surface area contributed by atoms with Crippen LogP contribution in [0, 0.1) is 6.92 Å². The van der Waals surface area contributed by atoms with E-state index < -0.39 is 0 Å². The second-order valence-electron chi connectivity index (χ2n) is 4.16. The lowest BCUT2D eigenvalue weighted by molar-refractivity contribution is 0.473. The number of aromatic hydroxyl groups is 1. The smallest absolute Gasteiger partial charge is 0.184 e. The topological polar surface area (TPSA) is 70.6 Å². The van der Waals surface area contributed by atoms with Gasteiger partial charge in [-0.05, 0) is 44.1 Å². The van der Waals surface area contributed by atoms with Crippen molar-refractivity contribution in [2.75, 3.05) is 0 Å². The molecule has 1 aromatic carbocycles. The zero-order valence-electron chi connectivity index (χ0n) is 10.7. The Balaban J connectivity index is 3.04. The monoisotopic (exact) mass is 265 g/mol. The van der Waals surface area contributed by atoms with Gasteiger partial charge in [-0.2, -0.15) is 5.10 Å². The Labute approximate surface area is 113 Å². The molecule has 4 nitrogen and oxygen atoms in total. The van der Waals surface area contributed by atoms with Crippen molar-refractivity contribution in [2.45, 2.75) is 33.1 Å². The number of phenols is 1. The van der Waals surface area contributed by atoms with E-state index in [1.54, 1.807) is 6.07 Å². The Morgan fingerprint density at radius 2 is 2.22 bits per heavy atom. The molecule has 5 heteroatoms. The third-order valence-electron chi connectivity index (χ3n) is 2.53. The first kappa shape index (κ1) is 14.4. The highest BCUT2D eigenvalue weighted by Gasteiger charge is 2.09. The van der Waals surface area contributed by atoms with E-state index in [2.05, 4.69) is 17.5 Å². The zero-order chi connectivity index (χ0) is 13.5. The summed E-state index contributed by atoms with van der Waals surface area (Å²) in [5.74, 6) is 0.222. The van der Waals surface area contributed by atoms with Crippen molar-refractivity contribution in [3.05, 3.63) is 29.3 Å². The fraction of sp³-hybridized carbons (Fsp3) is 0.385. The largest absolute Gasteiger partial charge is 0.507 e. The fourth-order valence-corrected chi connectivity index (χ4v) is 1.64. The van der Waals surface area contributed by atoms with Crippen molar-refractivity contribution in [3.63, 3.8) is 0 Å². The molecule has 0 unspecified atom stereocenters. The number of hydrogen-bond acceptors (Lipinski definition) is 3. The minimum atomic E-state index is 0.121. The molecule has 0 saturated heterocycles. The molecular formula is C13H19N3OS. The van der Waals surface area contributed by atoms with Crippen LogP contribution in [0.4, 0.5) is 0 Å². The SMILES string of the molecule is CCCCC(=NNC(N)=S)c1cc(C)ccc1O. The summed E-state index contributed by atoms with van der Waals surface area (Å²) in [6, 6.07) is 5.44. The van der Waals surface area contributed by atoms with Crippen molar-refractivity contribution in [1.29, 1.82) is 0 Å². The molecule has 0 bridgehead atoms. The second-order valence-corrected chi connectivity index (χ2v) is 4.60. The van der Waals surface area contributed by atoms with Gasteiger partial charge in [0.15, 0.2) is 5.11 Å². The van der Waals surface area contributed by atoms with Gasteiger partial charge < -0.3 is 10.8 Å². The Morgan fingerprint density at radius 3 is 2.83 bits per heavy atom. The second kappa shape index (κ2) is 6.96. The molecular weight excluding hydrogens is 246 g/mol. The molecule has 0 heterocycles. The van der Waals surface area contributed by atoms with Crippen LogP contribution in [0.5, 0.6) is 5.75 Å². The number of benzene rings is 1. The molecule has 98 valence electrons. The number of nitrogens with one attached hydrogen (secondary N) is 1. The van der Waals surface area contributed by atoms with E-state index in [0.717, 1.165) is 36.1 Å². The highest BCUT2D eigenvalue weighted by molar-refractivity contribution is 7.80. The summed E-state index contributed by atoms with van der Waals surface area (Å²) in [7, 11) is 0. The molecule has 0 fully saturated rings. The predicted molar refractivity (Wildman–Crippen MR) is 78.8 cm³/mol. The molecule has 0 aliphatic heterocycles. The van der Waals surface area contributed by atoms with Crippen molar-refractivity contribution in [3.8, 4) is 5.75 Å². The van der Waals surface area contributed by atoms with Crippen LogP contribution in [0.3, 0.4) is 0 Å². The number of rotatable bonds is 5. The van der Waals surface area contributed by atoms with E-state index in [1.165, 1.54) is 0 Å². The lowest BCUT2D eigenvalue weighted by atomic mass is 10.0. The molecule has 0 aliphatic rings. The van der Waals surface area contributed by atoms with Crippen LogP contribution >= 0.6 is 12.2 Å². The molecule has 0 aliphatic carbocycles. The highest BCUT2D eigenvalue weighted by Crippen LogP contribution is 2.21. The first-order valence-corrected chi connectivity index (χ1v) is 6.37. The highest BCUT2D eigenvalue weighted by atomic mass is 32.1. The fourth-order valence-electron chi connectivity index (χ4n) is 1.60. The van der Waals surface area contributed by atoms with Gasteiger partial charge >= 0.3 is 0 Å². The number of unbranched alkanes of at least 4 members (excludes halogenated alkanes) is 1. The maximum Gasteiger partial charge on any atom is 0.184 e. The van der Waals surface area contributed by atoms with Crippen molar-refractivity contribution in [1.82, 2.24) is 5.43 Å². The normalized spacial score (nSPS) is 11.3. The lowest BCUT2D eigenvalue weighted by Crippen LogP contribution is -2.25. The van der Waals surface area contributed by atoms with Gasteiger partial charge in [0.25, 0.3) is 0 Å². The van der Waals surface area contributed by atoms with Gasteiger partial charge in [0.05, 0.1) is 5.71 Å². The van der Waals surface area contributed by atoms with Crippen LogP contribution in [-0.2, 0) is 0 Å². The van der Waals surface area contributed by atoms with Crippen LogP contribution in [0.1, 0.15) is 37.3 Å². The van der Waals surface area contributed by atoms with E-state index in [1.807, 2.05) is 19.1 Å². The van der Waals surface area contributed by atoms with Crippen LogP contribution < -0.4 is 11.2 Å². The van der Waals surface area contributed by atoms with Crippen LogP contribution in [0.2, 0.25) is 0 Å². The molecule has 0 radical (unpaired) electrons. The number of phenolic OH excluding ortho intramolecular Hbond substituents is 1. The number of thiocarbonyl (C=S) groups is 1. The first-order valence-electron chi connectivity index (χ1n) is 5.96. The summed E-state index contributed by atoms with van der Waals surface area (Å²) in [6.45, 7) is 4.08. The van der Waals surface area contributed by atoms with Gasteiger partial charge in [-0.15, -0.1) is 0 Å². The van der Waals surface area contributed by atoms with Crippen molar-refractivity contribution < 1.29 is 5.11 Å². The van der Waals surface area contributed by atoms with E-state index in [-0.39, 0.29) is 10.9 Å². The summed E-state index contributed by atoms with van der Waals surface area (Å²) in [5.41, 5.74) is 10.5. The number of aryl methyl sites for hydroxylation is 1. The number of nitrogens with zero attached hydrogens (tertiary/aromatic N) is 1. The Hall–Kier alpha value is -1.62. The van der Waals surface area contributed by atoms with Gasteiger partial charge in [-0.25, -0.2) is 0 Å². The van der Waals surface area contributed by atoms with Gasteiger partial charge in [0.2, 0.25) is 0 Å². The first-order chi connectivity index (χ1) is 8.54. The van der Waals surface area contributed by atoms with E-state index in [9.17, 15) is 5.11 Å². The summed E-state index contributed by atoms with van der Waals surface area (Å²) < 4.78 is 0. The van der Waals surface area contributed by atoms with Crippen molar-refractivity contribution in [2.24, 2.45) is 10.8 Å². The predicted octanol–water partition coefficient (Wildman–Crippen LogP) is 2.43. The number of hydrazone groups is 1. The molecule has 0 spiro atoms. The molecule has 0 atom stereocenters. The maximum atomic E-state index is 9.90. The maximum absolute atomic E-state index is 9.90. The standard InChI is InChI=1S/C13H19N3OS/c1-3-4-5-11(15-16-13(14)18)10-8-9(2)6-7-12(10)17/h6-8,17H,3-5H2,1-2H3,(H3,14,16,18). The van der Waals surface area contributed by atoms with Crippen molar-refractivity contribution >= 4 is 23.0 Å². The van der Waals surface area contributed by atoms with Crippen LogP contribution in [0.25, 0.3) is 0 Å². The number of nitrogens with two attached hydrogens (primary N) is 1. The molecule has 1 rings (SSSR count). The van der Waals surface area contributed by atoms with E-state index in [0.29, 0.717) is 0 Å².